The molecule has 0 saturated carbocycles. The number of nitrogens with two attached hydrogens (primary N) is 1. The van der Waals surface area contributed by atoms with Crippen molar-refractivity contribution in [2.75, 3.05) is 13.7 Å². The first-order valence-electron chi connectivity index (χ1n) is 4.58. The lowest BCUT2D eigenvalue weighted by Crippen LogP contribution is -2.16. The number of hydrogen-bond donors (Lipinski definition) is 2. The molecule has 0 fully saturated rings. The van der Waals surface area contributed by atoms with Crippen LogP contribution in [0.1, 0.15) is 17.9 Å². The Hall–Kier alpha value is -1.62. The highest BCUT2D eigenvalue weighted by molar-refractivity contribution is 5.68. The standard InChI is InChI=1S/C10H14N2O3/c1-15-9-2-8(5-12-6-9)7(4-11)3-10(13)14/h2,5-7H,3-4,11H2,1H3,(H,13,14). The number of rotatable bonds is 5. The van der Waals surface area contributed by atoms with Gasteiger partial charge in [-0.15, -0.1) is 0 Å². The van der Waals surface area contributed by atoms with Crippen LogP contribution in [0.15, 0.2) is 18.5 Å². The first-order chi connectivity index (χ1) is 7.17. The fourth-order valence-electron chi connectivity index (χ4n) is 1.32. The van der Waals surface area contributed by atoms with Gasteiger partial charge in [0, 0.05) is 12.1 Å². The van der Waals surface area contributed by atoms with Gasteiger partial charge in [-0.2, -0.15) is 0 Å². The molecule has 0 radical (unpaired) electrons. The fraction of sp³-hybridized carbons (Fsp3) is 0.400. The molecule has 5 heteroatoms. The lowest BCUT2D eigenvalue weighted by atomic mass is 9.97. The molecule has 0 aliphatic heterocycles. The van der Waals surface area contributed by atoms with Crippen LogP contribution >= 0.6 is 0 Å². The summed E-state index contributed by atoms with van der Waals surface area (Å²) in [7, 11) is 1.54. The van der Waals surface area contributed by atoms with Crippen molar-refractivity contribution >= 4 is 5.97 Å². The number of carboxylic acids is 1. The summed E-state index contributed by atoms with van der Waals surface area (Å²) in [4.78, 5) is 14.5. The Morgan fingerprint density at radius 1 is 1.67 bits per heavy atom. The number of aliphatic carboxylic acids is 1. The molecule has 3 N–H and O–H groups in total. The van der Waals surface area contributed by atoms with Crippen LogP contribution in [0.5, 0.6) is 5.75 Å². The van der Waals surface area contributed by atoms with Crippen LogP contribution in [-0.2, 0) is 4.79 Å². The largest absolute Gasteiger partial charge is 0.495 e. The normalized spacial score (nSPS) is 12.1. The van der Waals surface area contributed by atoms with Crippen LogP contribution in [0, 0.1) is 0 Å². The van der Waals surface area contributed by atoms with Crippen molar-refractivity contribution < 1.29 is 14.6 Å². The van der Waals surface area contributed by atoms with Crippen LogP contribution in [0.3, 0.4) is 0 Å². The topological polar surface area (TPSA) is 85.4 Å². The van der Waals surface area contributed by atoms with Gasteiger partial charge in [0.05, 0.1) is 19.7 Å². The monoisotopic (exact) mass is 210 g/mol. The molecule has 1 heterocycles. The molecule has 5 nitrogen and oxygen atoms in total. The molecule has 0 amide bonds. The average Bonchev–Trinajstić information content (AvgIpc) is 2.25. The first-order valence-corrected chi connectivity index (χ1v) is 4.58. The van der Waals surface area contributed by atoms with Gasteiger partial charge in [0.1, 0.15) is 5.75 Å². The molecule has 0 aliphatic rings. The number of methoxy groups -OCH3 is 1. The Morgan fingerprint density at radius 2 is 2.40 bits per heavy atom. The highest BCUT2D eigenvalue weighted by Crippen LogP contribution is 2.21. The van der Waals surface area contributed by atoms with Crippen LogP contribution in [0.2, 0.25) is 0 Å². The summed E-state index contributed by atoms with van der Waals surface area (Å²) >= 11 is 0. The van der Waals surface area contributed by atoms with Gasteiger partial charge in [0.15, 0.2) is 0 Å². The molecule has 0 saturated heterocycles. The maximum Gasteiger partial charge on any atom is 0.304 e. The second-order valence-electron chi connectivity index (χ2n) is 3.19. The quantitative estimate of drug-likeness (QED) is 0.743. The molecule has 1 rings (SSSR count). The number of nitrogens with zero attached hydrogens (tertiary/aromatic N) is 1. The molecule has 15 heavy (non-hydrogen) atoms. The number of ether oxygens (including phenoxy) is 1. The Labute approximate surface area is 87.9 Å². The SMILES string of the molecule is COc1cncc(C(CN)CC(=O)O)c1. The Balaban J connectivity index is 2.85. The molecule has 0 spiro atoms. The van der Waals surface area contributed by atoms with Gasteiger partial charge in [0.25, 0.3) is 0 Å². The predicted octanol–water partition coefficient (Wildman–Crippen LogP) is 0.607. The van der Waals surface area contributed by atoms with Gasteiger partial charge in [-0.25, -0.2) is 0 Å². The summed E-state index contributed by atoms with van der Waals surface area (Å²) < 4.78 is 5.00. The minimum atomic E-state index is -0.867. The number of aromatic nitrogens is 1. The second-order valence-corrected chi connectivity index (χ2v) is 3.19. The molecule has 1 aromatic heterocycles. The summed E-state index contributed by atoms with van der Waals surface area (Å²) in [5.74, 6) is -0.477. The third-order valence-electron chi connectivity index (χ3n) is 2.15. The number of carboxylic acid groups (broad SMARTS) is 1. The summed E-state index contributed by atoms with van der Waals surface area (Å²) in [6.45, 7) is 0.279. The molecule has 1 aromatic rings. The average molecular weight is 210 g/mol. The molecule has 82 valence electrons. The first kappa shape index (κ1) is 11.5. The minimum Gasteiger partial charge on any atom is -0.495 e. The van der Waals surface area contributed by atoms with E-state index in [1.165, 1.54) is 7.11 Å². The summed E-state index contributed by atoms with van der Waals surface area (Å²) in [6.07, 6.45) is 3.19. The van der Waals surface area contributed by atoms with E-state index in [4.69, 9.17) is 15.6 Å². The van der Waals surface area contributed by atoms with Gasteiger partial charge in [-0.3, -0.25) is 9.78 Å². The molecular formula is C10H14N2O3. The third-order valence-corrected chi connectivity index (χ3v) is 2.15. The smallest absolute Gasteiger partial charge is 0.304 e. The summed E-state index contributed by atoms with van der Waals surface area (Å²) in [5, 5.41) is 8.70. The lowest BCUT2D eigenvalue weighted by molar-refractivity contribution is -0.137. The summed E-state index contributed by atoms with van der Waals surface area (Å²) in [6, 6.07) is 1.76. The minimum absolute atomic E-state index is 0.00531. The van der Waals surface area contributed by atoms with Crippen molar-refractivity contribution in [1.82, 2.24) is 4.98 Å². The van der Waals surface area contributed by atoms with Crippen LogP contribution in [-0.4, -0.2) is 29.7 Å². The van der Waals surface area contributed by atoms with Gasteiger partial charge in [-0.05, 0) is 18.2 Å². The van der Waals surface area contributed by atoms with Crippen LogP contribution in [0.25, 0.3) is 0 Å². The van der Waals surface area contributed by atoms with E-state index >= 15 is 0 Å². The zero-order chi connectivity index (χ0) is 11.3. The Morgan fingerprint density at radius 3 is 2.93 bits per heavy atom. The summed E-state index contributed by atoms with van der Waals surface area (Å²) in [5.41, 5.74) is 6.30. The van der Waals surface area contributed by atoms with Crippen LogP contribution in [0.4, 0.5) is 0 Å². The predicted molar refractivity (Wildman–Crippen MR) is 54.8 cm³/mol. The van der Waals surface area contributed by atoms with E-state index in [1.54, 1.807) is 18.5 Å². The van der Waals surface area contributed by atoms with Crippen molar-refractivity contribution in [3.8, 4) is 5.75 Å². The van der Waals surface area contributed by atoms with Gasteiger partial charge in [0.2, 0.25) is 0 Å². The zero-order valence-electron chi connectivity index (χ0n) is 8.51. The van der Waals surface area contributed by atoms with E-state index in [0.29, 0.717) is 5.75 Å². The Bertz CT molecular complexity index is 341. The van der Waals surface area contributed by atoms with Crippen LogP contribution < -0.4 is 10.5 Å². The van der Waals surface area contributed by atoms with Crippen molar-refractivity contribution in [1.29, 1.82) is 0 Å². The zero-order valence-corrected chi connectivity index (χ0v) is 8.51. The van der Waals surface area contributed by atoms with Crippen molar-refractivity contribution in [2.45, 2.75) is 12.3 Å². The number of carbonyl (C=O) groups is 1. The van der Waals surface area contributed by atoms with E-state index in [9.17, 15) is 4.79 Å². The molecule has 0 aliphatic carbocycles. The highest BCUT2D eigenvalue weighted by atomic mass is 16.5. The molecule has 1 atom stereocenters. The maximum atomic E-state index is 10.6. The Kier molecular flexibility index (Phi) is 4.05. The van der Waals surface area contributed by atoms with E-state index in [1.807, 2.05) is 0 Å². The third kappa shape index (κ3) is 3.21. The van der Waals surface area contributed by atoms with E-state index in [0.717, 1.165) is 5.56 Å². The van der Waals surface area contributed by atoms with Crippen molar-refractivity contribution in [3.05, 3.63) is 24.0 Å². The highest BCUT2D eigenvalue weighted by Gasteiger charge is 2.14. The lowest BCUT2D eigenvalue weighted by Gasteiger charge is -2.12. The van der Waals surface area contributed by atoms with Gasteiger partial charge in [-0.1, -0.05) is 0 Å². The second kappa shape index (κ2) is 5.31. The number of hydrogen-bond acceptors (Lipinski definition) is 4. The molecule has 0 aromatic carbocycles. The van der Waals surface area contributed by atoms with E-state index in [-0.39, 0.29) is 18.9 Å². The van der Waals surface area contributed by atoms with Crippen molar-refractivity contribution in [3.63, 3.8) is 0 Å². The van der Waals surface area contributed by atoms with Gasteiger partial charge < -0.3 is 15.6 Å². The van der Waals surface area contributed by atoms with E-state index < -0.39 is 5.97 Å². The molecule has 1 unspecified atom stereocenters. The maximum absolute atomic E-state index is 10.6. The number of pyridine rings is 1. The van der Waals surface area contributed by atoms with Gasteiger partial charge >= 0.3 is 5.97 Å². The fourth-order valence-corrected chi connectivity index (χ4v) is 1.32. The molecular weight excluding hydrogens is 196 g/mol. The molecule has 0 bridgehead atoms. The van der Waals surface area contributed by atoms with E-state index in [2.05, 4.69) is 4.98 Å². The van der Waals surface area contributed by atoms with Crippen molar-refractivity contribution in [2.24, 2.45) is 5.73 Å².